The van der Waals surface area contributed by atoms with Gasteiger partial charge in [-0.15, -0.1) is 0 Å². The summed E-state index contributed by atoms with van der Waals surface area (Å²) in [6.07, 6.45) is 2.60. The molecule has 0 radical (unpaired) electrons. The van der Waals surface area contributed by atoms with Gasteiger partial charge in [0.2, 0.25) is 5.91 Å². The van der Waals surface area contributed by atoms with E-state index in [2.05, 4.69) is 17.4 Å². The van der Waals surface area contributed by atoms with E-state index in [9.17, 15) is 9.59 Å². The molecular weight excluding hydrogens is 250 g/mol. The molecule has 0 aliphatic heterocycles. The van der Waals surface area contributed by atoms with E-state index in [1.807, 2.05) is 32.9 Å². The van der Waals surface area contributed by atoms with E-state index in [1.54, 1.807) is 0 Å². The average molecular weight is 273 g/mol. The molecule has 1 aliphatic carbocycles. The summed E-state index contributed by atoms with van der Waals surface area (Å²) < 4.78 is 0. The molecule has 2 rings (SSSR count). The first-order chi connectivity index (χ1) is 9.38. The number of Topliss-reactive ketones (excluding diaryl/α,β-unsaturated/α-hetero) is 1. The normalized spacial score (nSPS) is 18.2. The monoisotopic (exact) mass is 273 g/mol. The van der Waals surface area contributed by atoms with Gasteiger partial charge < -0.3 is 5.32 Å². The number of carbonyl (C=O) groups is 2. The molecule has 1 unspecified atom stereocenters. The Morgan fingerprint density at radius 3 is 2.50 bits per heavy atom. The van der Waals surface area contributed by atoms with Crippen molar-refractivity contribution in [2.24, 2.45) is 11.3 Å². The fourth-order valence-corrected chi connectivity index (χ4v) is 2.50. The van der Waals surface area contributed by atoms with Crippen molar-refractivity contribution in [1.82, 2.24) is 5.32 Å². The number of nitrogens with one attached hydrogen (secondary N) is 1. The minimum atomic E-state index is -0.396. The Morgan fingerprint density at radius 2 is 1.85 bits per heavy atom. The molecule has 0 bridgehead atoms. The number of fused-ring (bicyclic) bond motifs is 1. The lowest BCUT2D eigenvalue weighted by atomic mass is 9.83. The average Bonchev–Trinajstić information content (AvgIpc) is 2.42. The van der Waals surface area contributed by atoms with Crippen molar-refractivity contribution in [3.63, 3.8) is 0 Å². The SMILES string of the molecule is CC(C)(C)C(=O)CNC(=O)C1CCc2ccccc2C1. The zero-order chi connectivity index (χ0) is 14.8. The predicted octanol–water partition coefficient (Wildman–Crippen LogP) is 2.52. The summed E-state index contributed by atoms with van der Waals surface area (Å²) in [6, 6.07) is 8.28. The second kappa shape index (κ2) is 5.78. The van der Waals surface area contributed by atoms with Crippen LogP contribution in [0.15, 0.2) is 24.3 Å². The standard InChI is InChI=1S/C17H23NO2/c1-17(2,3)15(19)11-18-16(20)14-9-8-12-6-4-5-7-13(12)10-14/h4-7,14H,8-11H2,1-3H3,(H,18,20). The van der Waals surface area contributed by atoms with E-state index in [0.717, 1.165) is 19.3 Å². The Labute approximate surface area is 120 Å². The van der Waals surface area contributed by atoms with Crippen LogP contribution in [0.5, 0.6) is 0 Å². The number of aryl methyl sites for hydroxylation is 1. The van der Waals surface area contributed by atoms with E-state index in [4.69, 9.17) is 0 Å². The highest BCUT2D eigenvalue weighted by Crippen LogP contribution is 2.25. The van der Waals surface area contributed by atoms with Crippen LogP contribution in [-0.4, -0.2) is 18.2 Å². The number of benzene rings is 1. The molecule has 108 valence electrons. The minimum Gasteiger partial charge on any atom is -0.349 e. The van der Waals surface area contributed by atoms with Gasteiger partial charge in [-0.25, -0.2) is 0 Å². The van der Waals surface area contributed by atoms with Crippen LogP contribution in [0.25, 0.3) is 0 Å². The molecule has 0 heterocycles. The smallest absolute Gasteiger partial charge is 0.223 e. The van der Waals surface area contributed by atoms with Gasteiger partial charge in [-0.2, -0.15) is 0 Å². The summed E-state index contributed by atoms with van der Waals surface area (Å²) in [5, 5.41) is 2.80. The third kappa shape index (κ3) is 3.47. The van der Waals surface area contributed by atoms with E-state index < -0.39 is 5.41 Å². The van der Waals surface area contributed by atoms with Gasteiger partial charge >= 0.3 is 0 Å². The molecule has 1 aromatic carbocycles. The molecule has 3 nitrogen and oxygen atoms in total. The second-order valence-corrected chi connectivity index (χ2v) is 6.60. The van der Waals surface area contributed by atoms with E-state index >= 15 is 0 Å². The highest BCUT2D eigenvalue weighted by molar-refractivity contribution is 5.90. The summed E-state index contributed by atoms with van der Waals surface area (Å²) in [7, 11) is 0. The van der Waals surface area contributed by atoms with Crippen molar-refractivity contribution < 1.29 is 9.59 Å². The lowest BCUT2D eigenvalue weighted by molar-refractivity contribution is -0.130. The number of hydrogen-bond donors (Lipinski definition) is 1. The largest absolute Gasteiger partial charge is 0.349 e. The first kappa shape index (κ1) is 14.8. The van der Waals surface area contributed by atoms with Crippen LogP contribution in [0.1, 0.15) is 38.3 Å². The van der Waals surface area contributed by atoms with Crippen LogP contribution in [0.3, 0.4) is 0 Å². The molecule has 0 fully saturated rings. The van der Waals surface area contributed by atoms with Gasteiger partial charge in [-0.05, 0) is 30.4 Å². The van der Waals surface area contributed by atoms with Crippen LogP contribution < -0.4 is 5.32 Å². The molecule has 0 aromatic heterocycles. The molecule has 20 heavy (non-hydrogen) atoms. The molecule has 1 N–H and O–H groups in total. The summed E-state index contributed by atoms with van der Waals surface area (Å²) in [5.74, 6) is 0.0804. The molecule has 1 aliphatic rings. The van der Waals surface area contributed by atoms with Crippen molar-refractivity contribution in [1.29, 1.82) is 0 Å². The Kier molecular flexibility index (Phi) is 4.26. The summed E-state index contributed by atoms with van der Waals surface area (Å²) >= 11 is 0. The fraction of sp³-hybridized carbons (Fsp3) is 0.529. The summed E-state index contributed by atoms with van der Waals surface area (Å²) in [6.45, 7) is 5.76. The maximum atomic E-state index is 12.2. The van der Waals surface area contributed by atoms with Crippen LogP contribution in [0.4, 0.5) is 0 Å². The summed E-state index contributed by atoms with van der Waals surface area (Å²) in [5.41, 5.74) is 2.22. The third-order valence-electron chi connectivity index (χ3n) is 3.98. The molecule has 3 heteroatoms. The second-order valence-electron chi connectivity index (χ2n) is 6.60. The number of ketones is 1. The number of amides is 1. The van der Waals surface area contributed by atoms with E-state index in [0.29, 0.717) is 0 Å². The zero-order valence-corrected chi connectivity index (χ0v) is 12.5. The van der Waals surface area contributed by atoms with Crippen molar-refractivity contribution in [3.05, 3.63) is 35.4 Å². The predicted molar refractivity (Wildman–Crippen MR) is 79.4 cm³/mol. The van der Waals surface area contributed by atoms with Crippen molar-refractivity contribution in [2.45, 2.75) is 40.0 Å². The van der Waals surface area contributed by atoms with Crippen LogP contribution >= 0.6 is 0 Å². The van der Waals surface area contributed by atoms with Gasteiger partial charge in [0.05, 0.1) is 6.54 Å². The molecule has 0 spiro atoms. The van der Waals surface area contributed by atoms with Crippen LogP contribution in [0, 0.1) is 11.3 Å². The van der Waals surface area contributed by atoms with Crippen molar-refractivity contribution in [2.75, 3.05) is 6.54 Å². The van der Waals surface area contributed by atoms with Gasteiger partial charge in [0.25, 0.3) is 0 Å². The topological polar surface area (TPSA) is 46.2 Å². The van der Waals surface area contributed by atoms with Crippen molar-refractivity contribution >= 4 is 11.7 Å². The molecule has 0 saturated heterocycles. The number of hydrogen-bond acceptors (Lipinski definition) is 2. The van der Waals surface area contributed by atoms with Gasteiger partial charge in [0.1, 0.15) is 0 Å². The number of rotatable bonds is 3. The van der Waals surface area contributed by atoms with E-state index in [-0.39, 0.29) is 24.2 Å². The minimum absolute atomic E-state index is 0.00216. The zero-order valence-electron chi connectivity index (χ0n) is 12.5. The van der Waals surface area contributed by atoms with Gasteiger partial charge in [-0.3, -0.25) is 9.59 Å². The third-order valence-corrected chi connectivity index (χ3v) is 3.98. The van der Waals surface area contributed by atoms with Gasteiger partial charge in [0.15, 0.2) is 5.78 Å². The number of carbonyl (C=O) groups excluding carboxylic acids is 2. The molecule has 1 amide bonds. The molecule has 0 saturated carbocycles. The Morgan fingerprint density at radius 1 is 1.20 bits per heavy atom. The highest BCUT2D eigenvalue weighted by Gasteiger charge is 2.26. The van der Waals surface area contributed by atoms with Gasteiger partial charge in [0, 0.05) is 11.3 Å². The Hall–Kier alpha value is -1.64. The first-order valence-electron chi connectivity index (χ1n) is 7.25. The Balaban J connectivity index is 1.91. The lowest BCUT2D eigenvalue weighted by Crippen LogP contribution is -2.40. The molecule has 1 atom stereocenters. The molecule has 1 aromatic rings. The van der Waals surface area contributed by atoms with E-state index in [1.165, 1.54) is 11.1 Å². The van der Waals surface area contributed by atoms with Crippen LogP contribution in [-0.2, 0) is 22.4 Å². The highest BCUT2D eigenvalue weighted by atomic mass is 16.2. The van der Waals surface area contributed by atoms with Gasteiger partial charge in [-0.1, -0.05) is 45.0 Å². The summed E-state index contributed by atoms with van der Waals surface area (Å²) in [4.78, 5) is 24.0. The Bertz CT molecular complexity index is 514. The van der Waals surface area contributed by atoms with Crippen molar-refractivity contribution in [3.8, 4) is 0 Å². The fourth-order valence-electron chi connectivity index (χ4n) is 2.50. The van der Waals surface area contributed by atoms with Crippen LogP contribution in [0.2, 0.25) is 0 Å². The maximum absolute atomic E-state index is 12.2. The lowest BCUT2D eigenvalue weighted by Gasteiger charge is -2.24. The molecular formula is C17H23NO2. The first-order valence-corrected chi connectivity index (χ1v) is 7.25. The maximum Gasteiger partial charge on any atom is 0.223 e. The quantitative estimate of drug-likeness (QED) is 0.920.